The summed E-state index contributed by atoms with van der Waals surface area (Å²) in [5.41, 5.74) is 0.388. The van der Waals surface area contributed by atoms with Gasteiger partial charge in [0.15, 0.2) is 0 Å². The van der Waals surface area contributed by atoms with Gasteiger partial charge in [-0.05, 0) is 12.8 Å². The number of ether oxygens (including phenoxy) is 1. The van der Waals surface area contributed by atoms with Crippen molar-refractivity contribution in [2.24, 2.45) is 5.92 Å². The van der Waals surface area contributed by atoms with Crippen molar-refractivity contribution in [3.63, 3.8) is 0 Å². The number of aryl methyl sites for hydroxylation is 1. The van der Waals surface area contributed by atoms with Crippen molar-refractivity contribution < 1.29 is 17.9 Å². The van der Waals surface area contributed by atoms with Gasteiger partial charge in [-0.1, -0.05) is 6.92 Å². The molecule has 2 heterocycles. The first-order valence-corrected chi connectivity index (χ1v) is 10.1. The molecule has 0 saturated carbocycles. The van der Waals surface area contributed by atoms with Crippen molar-refractivity contribution in [1.82, 2.24) is 14.6 Å². The first-order chi connectivity index (χ1) is 10.8. The van der Waals surface area contributed by atoms with Gasteiger partial charge < -0.3 is 10.1 Å². The number of carbonyl (C=O) groups excluding carboxylic acids is 1. The summed E-state index contributed by atoms with van der Waals surface area (Å²) in [5, 5.41) is 5.53. The highest BCUT2D eigenvalue weighted by atomic mass is 32.2. The SMILES string of the molecule is CCCc1nc(C(=O)N[C@@H]2COC[C@H]2CS(=O)(=O)N(C)C)cs1. The second-order valence-corrected chi connectivity index (χ2v) is 8.99. The summed E-state index contributed by atoms with van der Waals surface area (Å²) >= 11 is 1.47. The minimum Gasteiger partial charge on any atom is -0.379 e. The molecule has 2 atom stereocenters. The Morgan fingerprint density at radius 2 is 2.22 bits per heavy atom. The zero-order valence-corrected chi connectivity index (χ0v) is 15.2. The molecular formula is C14H23N3O4S2. The third-order valence-electron chi connectivity index (χ3n) is 3.74. The fraction of sp³-hybridized carbons (Fsp3) is 0.714. The van der Waals surface area contributed by atoms with Gasteiger partial charge in [0.05, 0.1) is 30.0 Å². The molecular weight excluding hydrogens is 338 g/mol. The number of amides is 1. The molecule has 1 aliphatic rings. The van der Waals surface area contributed by atoms with Crippen LogP contribution in [0.5, 0.6) is 0 Å². The van der Waals surface area contributed by atoms with Gasteiger partial charge >= 0.3 is 0 Å². The summed E-state index contributed by atoms with van der Waals surface area (Å²) in [6.45, 7) is 2.72. The first kappa shape index (κ1) is 18.3. The summed E-state index contributed by atoms with van der Waals surface area (Å²) in [7, 11) is -0.323. The van der Waals surface area contributed by atoms with Gasteiger partial charge in [0, 0.05) is 25.4 Å². The first-order valence-electron chi connectivity index (χ1n) is 7.56. The lowest BCUT2D eigenvalue weighted by Crippen LogP contribution is -2.43. The van der Waals surface area contributed by atoms with E-state index in [1.54, 1.807) is 5.38 Å². The van der Waals surface area contributed by atoms with Crippen LogP contribution in [0.1, 0.15) is 28.8 Å². The molecule has 1 fully saturated rings. The van der Waals surface area contributed by atoms with E-state index in [4.69, 9.17) is 4.74 Å². The Labute approximate surface area is 141 Å². The molecule has 0 bridgehead atoms. The minimum absolute atomic E-state index is 0.0386. The molecule has 0 spiro atoms. The summed E-state index contributed by atoms with van der Waals surface area (Å²) in [4.78, 5) is 16.6. The van der Waals surface area contributed by atoms with Crippen LogP contribution in [0.2, 0.25) is 0 Å². The Morgan fingerprint density at radius 3 is 2.87 bits per heavy atom. The van der Waals surface area contributed by atoms with Crippen molar-refractivity contribution >= 4 is 27.3 Å². The largest absolute Gasteiger partial charge is 0.379 e. The molecule has 1 aliphatic heterocycles. The Kier molecular flexibility index (Phi) is 6.12. The number of thiazole rings is 1. The van der Waals surface area contributed by atoms with Crippen LogP contribution in [-0.2, 0) is 21.2 Å². The minimum atomic E-state index is -3.33. The summed E-state index contributed by atoms with van der Waals surface area (Å²) < 4.78 is 30.6. The highest BCUT2D eigenvalue weighted by molar-refractivity contribution is 7.89. The molecule has 1 aromatic rings. The van der Waals surface area contributed by atoms with E-state index in [9.17, 15) is 13.2 Å². The third-order valence-corrected chi connectivity index (χ3v) is 6.61. The number of carbonyl (C=O) groups is 1. The smallest absolute Gasteiger partial charge is 0.271 e. The van der Waals surface area contributed by atoms with E-state index >= 15 is 0 Å². The number of sulfonamides is 1. The molecule has 1 amide bonds. The maximum absolute atomic E-state index is 12.3. The van der Waals surface area contributed by atoms with Crippen LogP contribution in [0.15, 0.2) is 5.38 Å². The lowest BCUT2D eigenvalue weighted by molar-refractivity contribution is 0.0921. The number of nitrogens with one attached hydrogen (secondary N) is 1. The van der Waals surface area contributed by atoms with Gasteiger partial charge in [-0.3, -0.25) is 4.79 Å². The number of nitrogens with zero attached hydrogens (tertiary/aromatic N) is 2. The average molecular weight is 361 g/mol. The predicted octanol–water partition coefficient (Wildman–Crippen LogP) is 0.732. The fourth-order valence-corrected chi connectivity index (χ4v) is 4.38. The van der Waals surface area contributed by atoms with Crippen LogP contribution < -0.4 is 5.32 Å². The number of hydrogen-bond acceptors (Lipinski definition) is 6. The molecule has 1 saturated heterocycles. The second kappa shape index (κ2) is 7.69. The molecule has 1 N–H and O–H groups in total. The van der Waals surface area contributed by atoms with Crippen LogP contribution >= 0.6 is 11.3 Å². The van der Waals surface area contributed by atoms with Crippen LogP contribution in [0, 0.1) is 5.92 Å². The van der Waals surface area contributed by atoms with Crippen molar-refractivity contribution in [1.29, 1.82) is 0 Å². The van der Waals surface area contributed by atoms with Gasteiger partial charge in [0.25, 0.3) is 5.91 Å². The van der Waals surface area contributed by atoms with E-state index in [0.717, 1.165) is 17.8 Å². The Bertz CT molecular complexity index is 642. The Balaban J connectivity index is 1.99. The van der Waals surface area contributed by atoms with Crippen LogP contribution in [0.25, 0.3) is 0 Å². The Hall–Kier alpha value is -1.03. The molecule has 9 heteroatoms. The standard InChI is InChI=1S/C14H23N3O4S2/c1-4-5-13-15-12(8-22-13)14(18)16-11-7-21-6-10(11)9-23(19,20)17(2)3/h8,10-11H,4-7,9H2,1-3H3,(H,16,18)/t10-,11+/m0/s1. The van der Waals surface area contributed by atoms with E-state index in [2.05, 4.69) is 17.2 Å². The van der Waals surface area contributed by atoms with Crippen LogP contribution in [0.4, 0.5) is 0 Å². The molecule has 130 valence electrons. The molecule has 7 nitrogen and oxygen atoms in total. The monoisotopic (exact) mass is 361 g/mol. The second-order valence-electron chi connectivity index (χ2n) is 5.81. The Morgan fingerprint density at radius 1 is 1.48 bits per heavy atom. The van der Waals surface area contributed by atoms with Crippen molar-refractivity contribution in [2.45, 2.75) is 25.8 Å². The van der Waals surface area contributed by atoms with E-state index < -0.39 is 10.0 Å². The number of aromatic nitrogens is 1. The number of rotatable bonds is 7. The van der Waals surface area contributed by atoms with Gasteiger partial charge in [-0.2, -0.15) is 0 Å². The molecule has 0 aromatic carbocycles. The average Bonchev–Trinajstić information content (AvgIpc) is 3.09. The zero-order valence-electron chi connectivity index (χ0n) is 13.6. The van der Waals surface area contributed by atoms with E-state index in [1.165, 1.54) is 29.7 Å². The molecule has 1 aromatic heterocycles. The predicted molar refractivity (Wildman–Crippen MR) is 89.1 cm³/mol. The lowest BCUT2D eigenvalue weighted by Gasteiger charge is -2.20. The van der Waals surface area contributed by atoms with E-state index in [0.29, 0.717) is 18.9 Å². The summed E-state index contributed by atoms with van der Waals surface area (Å²) in [6.07, 6.45) is 1.84. The summed E-state index contributed by atoms with van der Waals surface area (Å²) in [6, 6.07) is -0.312. The van der Waals surface area contributed by atoms with Crippen LogP contribution in [-0.4, -0.2) is 62.7 Å². The highest BCUT2D eigenvalue weighted by Crippen LogP contribution is 2.18. The summed E-state index contributed by atoms with van der Waals surface area (Å²) in [5.74, 6) is -0.560. The van der Waals surface area contributed by atoms with E-state index in [1.807, 2.05) is 0 Å². The van der Waals surface area contributed by atoms with Crippen LogP contribution in [0.3, 0.4) is 0 Å². The zero-order chi connectivity index (χ0) is 17.0. The van der Waals surface area contributed by atoms with Crippen molar-refractivity contribution in [3.8, 4) is 0 Å². The van der Waals surface area contributed by atoms with Crippen molar-refractivity contribution in [3.05, 3.63) is 16.1 Å². The fourth-order valence-electron chi connectivity index (χ4n) is 2.33. The maximum atomic E-state index is 12.3. The van der Waals surface area contributed by atoms with Gasteiger partial charge in [0.2, 0.25) is 10.0 Å². The molecule has 0 unspecified atom stereocenters. The normalized spacial score (nSPS) is 21.7. The maximum Gasteiger partial charge on any atom is 0.271 e. The lowest BCUT2D eigenvalue weighted by atomic mass is 10.1. The third kappa shape index (κ3) is 4.72. The van der Waals surface area contributed by atoms with Crippen molar-refractivity contribution in [2.75, 3.05) is 33.1 Å². The van der Waals surface area contributed by atoms with Gasteiger partial charge in [-0.25, -0.2) is 17.7 Å². The molecule has 0 aliphatic carbocycles. The topological polar surface area (TPSA) is 88.6 Å². The molecule has 0 radical (unpaired) electrons. The number of hydrogen-bond donors (Lipinski definition) is 1. The molecule has 2 rings (SSSR count). The van der Waals surface area contributed by atoms with Gasteiger partial charge in [-0.15, -0.1) is 11.3 Å². The van der Waals surface area contributed by atoms with E-state index in [-0.39, 0.29) is 23.6 Å². The quantitative estimate of drug-likeness (QED) is 0.773. The van der Waals surface area contributed by atoms with Gasteiger partial charge in [0.1, 0.15) is 5.69 Å². The highest BCUT2D eigenvalue weighted by Gasteiger charge is 2.34. The molecule has 23 heavy (non-hydrogen) atoms.